The lowest BCUT2D eigenvalue weighted by molar-refractivity contribution is -0.138. The number of aliphatic hydroxyl groups is 1. The van der Waals surface area contributed by atoms with Gasteiger partial charge in [0.05, 0.1) is 12.2 Å². The Hall–Kier alpha value is -1.31. The van der Waals surface area contributed by atoms with Crippen LogP contribution in [0.3, 0.4) is 0 Å². The molecule has 1 fully saturated rings. The first-order valence-corrected chi connectivity index (χ1v) is 6.94. The summed E-state index contributed by atoms with van der Waals surface area (Å²) in [6.07, 6.45) is -4.37. The van der Waals surface area contributed by atoms with E-state index < -0.39 is 11.7 Å². The summed E-state index contributed by atoms with van der Waals surface area (Å²) in [6, 6.07) is 4.14. The van der Waals surface area contributed by atoms with Gasteiger partial charge in [0.2, 0.25) is 0 Å². The van der Waals surface area contributed by atoms with E-state index in [1.54, 1.807) is 0 Å². The summed E-state index contributed by atoms with van der Waals surface area (Å²) in [4.78, 5) is 4.18. The van der Waals surface area contributed by atoms with Gasteiger partial charge in [0.15, 0.2) is 0 Å². The number of rotatable bonds is 4. The van der Waals surface area contributed by atoms with Crippen LogP contribution in [0.4, 0.5) is 18.9 Å². The Labute approximate surface area is 121 Å². The molecule has 1 aliphatic rings. The molecule has 7 heteroatoms. The second-order valence-corrected chi connectivity index (χ2v) is 5.10. The topological polar surface area (TPSA) is 52.7 Å². The molecular weight excluding hydrogens is 283 g/mol. The van der Waals surface area contributed by atoms with Gasteiger partial charge in [-0.15, -0.1) is 0 Å². The Bertz CT molecular complexity index is 471. The van der Waals surface area contributed by atoms with Crippen LogP contribution in [0.2, 0.25) is 0 Å². The van der Waals surface area contributed by atoms with E-state index in [9.17, 15) is 13.2 Å². The number of halogens is 3. The molecule has 0 spiro atoms. The first-order valence-electron chi connectivity index (χ1n) is 6.94. The van der Waals surface area contributed by atoms with Gasteiger partial charge >= 0.3 is 6.18 Å². The molecule has 1 aliphatic heterocycles. The second kappa shape index (κ2) is 6.64. The van der Waals surface area contributed by atoms with E-state index in [0.717, 1.165) is 37.9 Å². The standard InChI is InChI=1S/C14H20F3N3O/c15-14(16,17)13-2-1-12(9-11(13)10-18)20-5-3-19(4-6-20)7-8-21/h1-2,9,21H,3-8,10,18H2. The highest BCUT2D eigenvalue weighted by molar-refractivity contribution is 5.52. The molecule has 0 saturated carbocycles. The van der Waals surface area contributed by atoms with Crippen molar-refractivity contribution in [2.24, 2.45) is 5.73 Å². The van der Waals surface area contributed by atoms with Crippen LogP contribution in [0.5, 0.6) is 0 Å². The van der Waals surface area contributed by atoms with Crippen molar-refractivity contribution in [1.29, 1.82) is 0 Å². The van der Waals surface area contributed by atoms with E-state index in [-0.39, 0.29) is 18.7 Å². The molecule has 0 atom stereocenters. The van der Waals surface area contributed by atoms with E-state index in [1.165, 1.54) is 12.1 Å². The van der Waals surface area contributed by atoms with Crippen molar-refractivity contribution in [2.75, 3.05) is 44.2 Å². The van der Waals surface area contributed by atoms with Crippen LogP contribution >= 0.6 is 0 Å². The number of β-amino-alcohol motifs (C(OH)–C–C–N with tert-alkyl or cyclic N) is 1. The highest BCUT2D eigenvalue weighted by Gasteiger charge is 2.33. The van der Waals surface area contributed by atoms with Crippen LogP contribution in [0.15, 0.2) is 18.2 Å². The first-order chi connectivity index (χ1) is 9.95. The molecule has 0 unspecified atom stereocenters. The van der Waals surface area contributed by atoms with Crippen molar-refractivity contribution < 1.29 is 18.3 Å². The maximum atomic E-state index is 12.8. The Balaban J connectivity index is 2.12. The number of anilines is 1. The molecule has 0 aromatic heterocycles. The van der Waals surface area contributed by atoms with E-state index in [0.29, 0.717) is 6.54 Å². The van der Waals surface area contributed by atoms with Crippen LogP contribution < -0.4 is 10.6 Å². The van der Waals surface area contributed by atoms with Gasteiger partial charge in [-0.25, -0.2) is 0 Å². The summed E-state index contributed by atoms with van der Waals surface area (Å²) in [5.74, 6) is 0. The SMILES string of the molecule is NCc1cc(N2CCN(CCO)CC2)ccc1C(F)(F)F. The highest BCUT2D eigenvalue weighted by atomic mass is 19.4. The number of hydrogen-bond donors (Lipinski definition) is 2. The number of piperazine rings is 1. The van der Waals surface area contributed by atoms with Gasteiger partial charge in [-0.1, -0.05) is 0 Å². The van der Waals surface area contributed by atoms with Crippen LogP contribution in [-0.4, -0.2) is 49.3 Å². The first kappa shape index (κ1) is 16.1. The molecule has 21 heavy (non-hydrogen) atoms. The summed E-state index contributed by atoms with van der Waals surface area (Å²) in [6.45, 7) is 3.67. The molecule has 0 radical (unpaired) electrons. The summed E-state index contributed by atoms with van der Waals surface area (Å²) >= 11 is 0. The minimum atomic E-state index is -4.37. The minimum absolute atomic E-state index is 0.123. The number of hydrogen-bond acceptors (Lipinski definition) is 4. The number of alkyl halides is 3. The van der Waals surface area contributed by atoms with Crippen molar-refractivity contribution in [3.63, 3.8) is 0 Å². The normalized spacial score (nSPS) is 17.3. The van der Waals surface area contributed by atoms with Gasteiger partial charge < -0.3 is 15.7 Å². The number of benzene rings is 1. The highest BCUT2D eigenvalue weighted by Crippen LogP contribution is 2.34. The third-order valence-electron chi connectivity index (χ3n) is 3.77. The van der Waals surface area contributed by atoms with Crippen molar-refractivity contribution in [3.8, 4) is 0 Å². The molecule has 0 bridgehead atoms. The van der Waals surface area contributed by atoms with Gasteiger partial charge in [-0.2, -0.15) is 13.2 Å². The Morgan fingerprint density at radius 3 is 2.33 bits per heavy atom. The van der Waals surface area contributed by atoms with Crippen LogP contribution in [0.25, 0.3) is 0 Å². The molecule has 3 N–H and O–H groups in total. The Morgan fingerprint density at radius 1 is 1.14 bits per heavy atom. The molecule has 1 saturated heterocycles. The summed E-state index contributed by atoms with van der Waals surface area (Å²) < 4.78 is 38.5. The lowest BCUT2D eigenvalue weighted by Gasteiger charge is -2.36. The fourth-order valence-corrected chi connectivity index (χ4v) is 2.59. The van der Waals surface area contributed by atoms with Gasteiger partial charge in [-0.3, -0.25) is 4.90 Å². The maximum absolute atomic E-state index is 12.8. The zero-order valence-electron chi connectivity index (χ0n) is 11.7. The quantitative estimate of drug-likeness (QED) is 0.880. The van der Waals surface area contributed by atoms with Crippen molar-refractivity contribution >= 4 is 5.69 Å². The molecule has 1 aromatic rings. The van der Waals surface area contributed by atoms with Gasteiger partial charge in [0.1, 0.15) is 0 Å². The Morgan fingerprint density at radius 2 is 1.81 bits per heavy atom. The molecule has 0 aliphatic carbocycles. The van der Waals surface area contributed by atoms with Crippen LogP contribution in [0, 0.1) is 0 Å². The smallest absolute Gasteiger partial charge is 0.395 e. The van der Waals surface area contributed by atoms with E-state index in [4.69, 9.17) is 10.8 Å². The predicted molar refractivity (Wildman–Crippen MR) is 75.1 cm³/mol. The van der Waals surface area contributed by atoms with Crippen LogP contribution in [-0.2, 0) is 12.7 Å². The molecular formula is C14H20F3N3O. The lowest BCUT2D eigenvalue weighted by atomic mass is 10.1. The van der Waals surface area contributed by atoms with E-state index in [1.807, 2.05) is 4.90 Å². The zero-order chi connectivity index (χ0) is 15.5. The molecule has 0 amide bonds. The lowest BCUT2D eigenvalue weighted by Crippen LogP contribution is -2.47. The molecule has 1 aromatic carbocycles. The second-order valence-electron chi connectivity index (χ2n) is 5.10. The van der Waals surface area contributed by atoms with Crippen molar-refractivity contribution in [3.05, 3.63) is 29.3 Å². The summed E-state index contributed by atoms with van der Waals surface area (Å²) in [7, 11) is 0. The third kappa shape index (κ3) is 3.87. The van der Waals surface area contributed by atoms with Gasteiger partial charge in [-0.05, 0) is 23.8 Å². The average molecular weight is 303 g/mol. The fraction of sp³-hybridized carbons (Fsp3) is 0.571. The fourth-order valence-electron chi connectivity index (χ4n) is 2.59. The van der Waals surface area contributed by atoms with Crippen LogP contribution in [0.1, 0.15) is 11.1 Å². The number of aliphatic hydroxyl groups excluding tert-OH is 1. The van der Waals surface area contributed by atoms with Crippen molar-refractivity contribution in [1.82, 2.24) is 4.90 Å². The van der Waals surface area contributed by atoms with E-state index >= 15 is 0 Å². The van der Waals surface area contributed by atoms with E-state index in [2.05, 4.69) is 4.90 Å². The van der Waals surface area contributed by atoms with Gasteiger partial charge in [0.25, 0.3) is 0 Å². The molecule has 4 nitrogen and oxygen atoms in total. The Kier molecular flexibility index (Phi) is 5.08. The molecule has 118 valence electrons. The predicted octanol–water partition coefficient (Wildman–Crippen LogP) is 1.28. The largest absolute Gasteiger partial charge is 0.416 e. The molecule has 1 heterocycles. The number of nitrogens with zero attached hydrogens (tertiary/aromatic N) is 2. The van der Waals surface area contributed by atoms with Gasteiger partial charge in [0, 0.05) is 45.0 Å². The minimum Gasteiger partial charge on any atom is -0.395 e. The summed E-state index contributed by atoms with van der Waals surface area (Å²) in [5.41, 5.74) is 5.69. The third-order valence-corrected chi connectivity index (χ3v) is 3.77. The van der Waals surface area contributed by atoms with Crippen molar-refractivity contribution in [2.45, 2.75) is 12.7 Å². The molecule has 2 rings (SSSR count). The monoisotopic (exact) mass is 303 g/mol. The maximum Gasteiger partial charge on any atom is 0.416 e. The summed E-state index contributed by atoms with van der Waals surface area (Å²) in [5, 5.41) is 8.90. The average Bonchev–Trinajstić information content (AvgIpc) is 2.47. The zero-order valence-corrected chi connectivity index (χ0v) is 11.7. The number of nitrogens with two attached hydrogens (primary N) is 1.